The lowest BCUT2D eigenvalue weighted by molar-refractivity contribution is -0.131. The Labute approximate surface area is 148 Å². The molecule has 134 valence electrons. The van der Waals surface area contributed by atoms with Crippen molar-refractivity contribution in [1.82, 2.24) is 10.3 Å². The van der Waals surface area contributed by atoms with Crippen molar-refractivity contribution in [1.29, 1.82) is 0 Å². The maximum Gasteiger partial charge on any atom is 0.346 e. The van der Waals surface area contributed by atoms with Crippen molar-refractivity contribution in [3.05, 3.63) is 65.2 Å². The lowest BCUT2D eigenvalue weighted by atomic mass is 9.92. The summed E-state index contributed by atoms with van der Waals surface area (Å²) in [7, 11) is 1.51. The zero-order valence-electron chi connectivity index (χ0n) is 14.0. The van der Waals surface area contributed by atoms with Gasteiger partial charge >= 0.3 is 6.03 Å². The van der Waals surface area contributed by atoms with Gasteiger partial charge in [-0.3, -0.25) is 4.79 Å². The number of halogens is 2. The van der Waals surface area contributed by atoms with E-state index < -0.39 is 34.7 Å². The quantitative estimate of drug-likeness (QED) is 0.674. The Hall–Kier alpha value is -3.29. The molecule has 1 aliphatic rings. The third kappa shape index (κ3) is 2.90. The van der Waals surface area contributed by atoms with Crippen molar-refractivity contribution in [2.75, 3.05) is 7.11 Å². The van der Waals surface area contributed by atoms with Crippen LogP contribution in [0, 0.1) is 11.6 Å². The van der Waals surface area contributed by atoms with E-state index >= 15 is 0 Å². The summed E-state index contributed by atoms with van der Waals surface area (Å²) in [5.41, 5.74) is -1.27. The number of imide groups is 1. The highest BCUT2D eigenvalue weighted by atomic mass is 19.1. The predicted octanol–water partition coefficient (Wildman–Crippen LogP) is 2.77. The molecule has 1 N–H and O–H groups in total. The first-order chi connectivity index (χ1) is 12.4. The fraction of sp³-hybridized carbons (Fsp3) is 0.167. The number of hydrogen-bond acceptors (Lipinski definition) is 4. The van der Waals surface area contributed by atoms with Gasteiger partial charge in [-0.15, -0.1) is 5.01 Å². The molecule has 1 heterocycles. The molecule has 0 spiro atoms. The molecule has 1 fully saturated rings. The van der Waals surface area contributed by atoms with Gasteiger partial charge in [-0.05, 0) is 36.8 Å². The Morgan fingerprint density at radius 2 is 1.73 bits per heavy atom. The van der Waals surface area contributed by atoms with E-state index in [1.807, 2.05) is 0 Å². The number of carbonyl (C=O) groups excluding carboxylic acids is 2. The molecule has 0 radical (unpaired) electrons. The summed E-state index contributed by atoms with van der Waals surface area (Å²) in [4.78, 5) is 24.8. The molecule has 8 heteroatoms. The normalized spacial score (nSPS) is 19.9. The van der Waals surface area contributed by atoms with Crippen LogP contribution < -0.4 is 10.1 Å². The molecule has 0 unspecified atom stereocenters. The Balaban J connectivity index is 1.90. The molecule has 0 aromatic heterocycles. The van der Waals surface area contributed by atoms with Crippen molar-refractivity contribution in [3.63, 3.8) is 0 Å². The lowest BCUT2D eigenvalue weighted by Gasteiger charge is -2.21. The van der Waals surface area contributed by atoms with Gasteiger partial charge in [0, 0.05) is 0 Å². The van der Waals surface area contributed by atoms with Gasteiger partial charge in [-0.2, -0.15) is 5.10 Å². The highest BCUT2D eigenvalue weighted by molar-refractivity contribution is 6.07. The molecule has 1 atom stereocenters. The van der Waals surface area contributed by atoms with Crippen LogP contribution in [0.3, 0.4) is 0 Å². The molecule has 2 aromatic carbocycles. The van der Waals surface area contributed by atoms with Crippen LogP contribution in [-0.4, -0.2) is 30.3 Å². The third-order valence-corrected chi connectivity index (χ3v) is 4.14. The summed E-state index contributed by atoms with van der Waals surface area (Å²) in [6, 6.07) is 9.11. The van der Waals surface area contributed by atoms with Crippen LogP contribution in [-0.2, 0) is 10.3 Å². The molecule has 6 nitrogen and oxygen atoms in total. The molecule has 0 bridgehead atoms. The zero-order valence-corrected chi connectivity index (χ0v) is 14.0. The standard InChI is InChI=1S/C18H15F2N3O3/c1-18(11-6-8-12(26-2)9-7-11)16(24)23(17(25)22-18)21-10-13-14(19)4-3-5-15(13)20/h3-10H,1-2H3,(H,22,25)/t18-/m1/s1. The maximum atomic E-state index is 13.7. The van der Waals surface area contributed by atoms with Gasteiger partial charge in [-0.1, -0.05) is 18.2 Å². The minimum absolute atomic E-state index is 0.439. The van der Waals surface area contributed by atoms with E-state index in [-0.39, 0.29) is 0 Å². The van der Waals surface area contributed by atoms with Gasteiger partial charge in [0.15, 0.2) is 0 Å². The average molecular weight is 359 g/mol. The fourth-order valence-corrected chi connectivity index (χ4v) is 2.60. The van der Waals surface area contributed by atoms with E-state index in [0.29, 0.717) is 16.3 Å². The van der Waals surface area contributed by atoms with E-state index in [0.717, 1.165) is 18.3 Å². The van der Waals surface area contributed by atoms with Gasteiger partial charge in [0.2, 0.25) is 0 Å². The first kappa shape index (κ1) is 17.5. The molecular weight excluding hydrogens is 344 g/mol. The summed E-state index contributed by atoms with van der Waals surface area (Å²) in [6.45, 7) is 1.52. The number of rotatable bonds is 4. The second-order valence-corrected chi connectivity index (χ2v) is 5.78. The largest absolute Gasteiger partial charge is 0.497 e. The third-order valence-electron chi connectivity index (χ3n) is 4.14. The smallest absolute Gasteiger partial charge is 0.346 e. The number of hydrogen-bond donors (Lipinski definition) is 1. The number of hydrazone groups is 1. The minimum atomic E-state index is -1.35. The van der Waals surface area contributed by atoms with Crippen LogP contribution in [0.25, 0.3) is 0 Å². The summed E-state index contributed by atoms with van der Waals surface area (Å²) in [5, 5.41) is 6.77. The summed E-state index contributed by atoms with van der Waals surface area (Å²) in [6.07, 6.45) is 0.807. The lowest BCUT2D eigenvalue weighted by Crippen LogP contribution is -2.40. The van der Waals surface area contributed by atoms with E-state index in [1.54, 1.807) is 24.3 Å². The summed E-state index contributed by atoms with van der Waals surface area (Å²) in [5.74, 6) is -1.77. The van der Waals surface area contributed by atoms with Crippen LogP contribution in [0.4, 0.5) is 13.6 Å². The number of benzene rings is 2. The number of carbonyl (C=O) groups is 2. The molecule has 26 heavy (non-hydrogen) atoms. The molecule has 0 saturated carbocycles. The second-order valence-electron chi connectivity index (χ2n) is 5.78. The topological polar surface area (TPSA) is 71.0 Å². The van der Waals surface area contributed by atoms with Crippen molar-refractivity contribution >= 4 is 18.2 Å². The molecule has 3 rings (SSSR count). The number of urea groups is 1. The van der Waals surface area contributed by atoms with Gasteiger partial charge in [-0.25, -0.2) is 13.6 Å². The zero-order chi connectivity index (χ0) is 18.9. The van der Waals surface area contributed by atoms with Crippen molar-refractivity contribution in [3.8, 4) is 5.75 Å². The number of nitrogens with one attached hydrogen (secondary N) is 1. The molecule has 3 amide bonds. The van der Waals surface area contributed by atoms with E-state index in [1.165, 1.54) is 20.1 Å². The second kappa shape index (κ2) is 6.55. The Bertz CT molecular complexity index is 879. The first-order valence-corrected chi connectivity index (χ1v) is 7.66. The van der Waals surface area contributed by atoms with Gasteiger partial charge in [0.1, 0.15) is 22.9 Å². The number of amides is 3. The van der Waals surface area contributed by atoms with E-state index in [2.05, 4.69) is 10.4 Å². The van der Waals surface area contributed by atoms with Crippen LogP contribution >= 0.6 is 0 Å². The maximum absolute atomic E-state index is 13.7. The SMILES string of the molecule is COc1ccc([C@@]2(C)NC(=O)N(N=Cc3c(F)cccc3F)C2=O)cc1. The van der Waals surface area contributed by atoms with E-state index in [9.17, 15) is 18.4 Å². The van der Waals surface area contributed by atoms with Gasteiger partial charge < -0.3 is 10.1 Å². The summed E-state index contributed by atoms with van der Waals surface area (Å²) >= 11 is 0. The monoisotopic (exact) mass is 359 g/mol. The van der Waals surface area contributed by atoms with Crippen molar-refractivity contribution in [2.45, 2.75) is 12.5 Å². The minimum Gasteiger partial charge on any atom is -0.497 e. The Morgan fingerprint density at radius 1 is 1.12 bits per heavy atom. The van der Waals surface area contributed by atoms with Gasteiger partial charge in [0.05, 0.1) is 18.9 Å². The molecule has 1 saturated heterocycles. The molecular formula is C18H15F2N3O3. The number of nitrogens with zero attached hydrogens (tertiary/aromatic N) is 2. The summed E-state index contributed by atoms with van der Waals surface area (Å²) < 4.78 is 32.4. The molecule has 0 aliphatic carbocycles. The van der Waals surface area contributed by atoms with Crippen LogP contribution in [0.2, 0.25) is 0 Å². The fourth-order valence-electron chi connectivity index (χ4n) is 2.60. The highest BCUT2D eigenvalue weighted by Crippen LogP contribution is 2.30. The Kier molecular flexibility index (Phi) is 4.41. The first-order valence-electron chi connectivity index (χ1n) is 7.66. The highest BCUT2D eigenvalue weighted by Gasteiger charge is 2.49. The predicted molar refractivity (Wildman–Crippen MR) is 89.7 cm³/mol. The van der Waals surface area contributed by atoms with E-state index in [4.69, 9.17) is 4.74 Å². The number of ether oxygens (including phenoxy) is 1. The average Bonchev–Trinajstić information content (AvgIpc) is 2.85. The Morgan fingerprint density at radius 3 is 2.31 bits per heavy atom. The van der Waals surface area contributed by atoms with Crippen molar-refractivity contribution < 1.29 is 23.1 Å². The van der Waals surface area contributed by atoms with Crippen molar-refractivity contribution in [2.24, 2.45) is 5.10 Å². The molecule has 1 aliphatic heterocycles. The van der Waals surface area contributed by atoms with Crippen LogP contribution in [0.1, 0.15) is 18.1 Å². The van der Waals surface area contributed by atoms with Crippen LogP contribution in [0.5, 0.6) is 5.75 Å². The molecule has 2 aromatic rings. The van der Waals surface area contributed by atoms with Crippen LogP contribution in [0.15, 0.2) is 47.6 Å². The van der Waals surface area contributed by atoms with Gasteiger partial charge in [0.25, 0.3) is 5.91 Å². The number of methoxy groups -OCH3 is 1.